The van der Waals surface area contributed by atoms with E-state index in [1.807, 2.05) is 0 Å². The second-order valence-corrected chi connectivity index (χ2v) is 8.45. The molecule has 0 saturated carbocycles. The summed E-state index contributed by atoms with van der Waals surface area (Å²) in [5.41, 5.74) is 5.31. The minimum Gasteiger partial charge on any atom is -0.481 e. The van der Waals surface area contributed by atoms with Crippen LogP contribution in [-0.2, 0) is 4.79 Å². The molecule has 1 aliphatic rings. The van der Waals surface area contributed by atoms with Crippen LogP contribution in [0, 0.1) is 19.8 Å². The Morgan fingerprint density at radius 3 is 2.84 bits per heavy atom. The van der Waals surface area contributed by atoms with Crippen LogP contribution in [0.25, 0.3) is 5.57 Å². The van der Waals surface area contributed by atoms with Crippen molar-refractivity contribution >= 4 is 34.2 Å². The average molecular weight is 376 g/mol. The van der Waals surface area contributed by atoms with Crippen molar-refractivity contribution in [2.75, 3.05) is 19.6 Å². The lowest BCUT2D eigenvalue weighted by Gasteiger charge is -2.30. The predicted octanol–water partition coefficient (Wildman–Crippen LogP) is 5.04. The molecule has 0 aliphatic carbocycles. The second-order valence-electron chi connectivity index (χ2n) is 6.79. The first-order valence-corrected chi connectivity index (χ1v) is 10.6. The number of hydrogen-bond donors (Lipinski definition) is 1. The molecule has 2 aromatic heterocycles. The van der Waals surface area contributed by atoms with E-state index < -0.39 is 5.97 Å². The molecule has 0 bridgehead atoms. The maximum absolute atomic E-state index is 11.2. The van der Waals surface area contributed by atoms with E-state index in [0.29, 0.717) is 6.54 Å². The fourth-order valence-corrected chi connectivity index (χ4v) is 5.29. The van der Waals surface area contributed by atoms with Gasteiger partial charge >= 0.3 is 5.97 Å². The fourth-order valence-electron chi connectivity index (χ4n) is 3.46. The van der Waals surface area contributed by atoms with Gasteiger partial charge in [0.2, 0.25) is 0 Å². The SMILES string of the molecule is Cc1cscc1C(=CCCN1CCCC(C(=O)O)C1)c1sccc1C. The highest BCUT2D eigenvalue weighted by atomic mass is 32.1. The Morgan fingerprint density at radius 2 is 2.20 bits per heavy atom. The quantitative estimate of drug-likeness (QED) is 0.768. The standard InChI is InChI=1S/C20H25NO2S2/c1-14-7-10-25-19(14)17(18-13-24-12-15(18)2)6-4-9-21-8-3-5-16(11-21)20(22)23/h6-7,10,12-13,16H,3-5,8-9,11H2,1-2H3,(H,22,23). The van der Waals surface area contributed by atoms with Crippen LogP contribution in [0.4, 0.5) is 0 Å². The van der Waals surface area contributed by atoms with Crippen LogP contribution in [0.3, 0.4) is 0 Å². The van der Waals surface area contributed by atoms with Gasteiger partial charge in [-0.2, -0.15) is 11.3 Å². The number of aryl methyl sites for hydroxylation is 2. The summed E-state index contributed by atoms with van der Waals surface area (Å²) in [5, 5.41) is 15.8. The maximum Gasteiger partial charge on any atom is 0.307 e. The molecular formula is C20H25NO2S2. The number of carbonyl (C=O) groups is 1. The van der Waals surface area contributed by atoms with Gasteiger partial charge in [0.25, 0.3) is 0 Å². The van der Waals surface area contributed by atoms with E-state index in [9.17, 15) is 9.90 Å². The number of piperidine rings is 1. The Balaban J connectivity index is 1.73. The molecule has 0 amide bonds. The molecule has 0 aromatic carbocycles. The number of thiophene rings is 2. The first-order valence-electron chi connectivity index (χ1n) is 8.79. The highest BCUT2D eigenvalue weighted by Gasteiger charge is 2.24. The third-order valence-electron chi connectivity index (χ3n) is 4.90. The zero-order chi connectivity index (χ0) is 17.8. The van der Waals surface area contributed by atoms with Crippen molar-refractivity contribution in [2.24, 2.45) is 5.92 Å². The molecule has 3 heterocycles. The molecule has 134 valence electrons. The summed E-state index contributed by atoms with van der Waals surface area (Å²) in [5.74, 6) is -0.847. The Hall–Kier alpha value is -1.43. The van der Waals surface area contributed by atoms with Gasteiger partial charge in [-0.05, 0) is 84.1 Å². The molecule has 5 heteroatoms. The fraction of sp³-hybridized carbons (Fsp3) is 0.450. The topological polar surface area (TPSA) is 40.5 Å². The van der Waals surface area contributed by atoms with Gasteiger partial charge in [-0.1, -0.05) is 6.08 Å². The molecule has 1 saturated heterocycles. The molecule has 0 spiro atoms. The summed E-state index contributed by atoms with van der Waals surface area (Å²) in [4.78, 5) is 14.9. The number of rotatable bonds is 6. The van der Waals surface area contributed by atoms with Gasteiger partial charge in [-0.25, -0.2) is 0 Å². The minimum absolute atomic E-state index is 0.198. The van der Waals surface area contributed by atoms with E-state index in [1.54, 1.807) is 22.7 Å². The summed E-state index contributed by atoms with van der Waals surface area (Å²) < 4.78 is 0. The van der Waals surface area contributed by atoms with Crippen LogP contribution in [0.5, 0.6) is 0 Å². The monoisotopic (exact) mass is 375 g/mol. The third-order valence-corrected chi connectivity index (χ3v) is 6.81. The highest BCUT2D eigenvalue weighted by molar-refractivity contribution is 7.11. The molecule has 1 aliphatic heterocycles. The Labute approximate surface area is 157 Å². The largest absolute Gasteiger partial charge is 0.481 e. The molecule has 0 radical (unpaired) electrons. The summed E-state index contributed by atoms with van der Waals surface area (Å²) in [6.07, 6.45) is 5.10. The first kappa shape index (κ1) is 18.4. The van der Waals surface area contributed by atoms with Crippen LogP contribution >= 0.6 is 22.7 Å². The maximum atomic E-state index is 11.2. The Bertz CT molecular complexity index is 717. The van der Waals surface area contributed by atoms with E-state index in [2.05, 4.69) is 47.0 Å². The summed E-state index contributed by atoms with van der Waals surface area (Å²) in [6, 6.07) is 2.18. The zero-order valence-electron chi connectivity index (χ0n) is 14.8. The Morgan fingerprint density at radius 1 is 1.36 bits per heavy atom. The van der Waals surface area contributed by atoms with Gasteiger partial charge in [-0.15, -0.1) is 11.3 Å². The zero-order valence-corrected chi connectivity index (χ0v) is 16.5. The lowest BCUT2D eigenvalue weighted by atomic mass is 9.97. The third kappa shape index (κ3) is 4.40. The van der Waals surface area contributed by atoms with E-state index in [-0.39, 0.29) is 5.92 Å². The normalized spacial score (nSPS) is 19.3. The van der Waals surface area contributed by atoms with Crippen molar-refractivity contribution in [2.45, 2.75) is 33.1 Å². The van der Waals surface area contributed by atoms with Gasteiger partial charge in [0.05, 0.1) is 5.92 Å². The van der Waals surface area contributed by atoms with E-state index in [4.69, 9.17) is 0 Å². The van der Waals surface area contributed by atoms with Crippen molar-refractivity contribution < 1.29 is 9.90 Å². The number of nitrogens with zero attached hydrogens (tertiary/aromatic N) is 1. The van der Waals surface area contributed by atoms with Gasteiger partial charge in [0.15, 0.2) is 0 Å². The lowest BCUT2D eigenvalue weighted by Crippen LogP contribution is -2.39. The van der Waals surface area contributed by atoms with Crippen LogP contribution in [-0.4, -0.2) is 35.6 Å². The van der Waals surface area contributed by atoms with Gasteiger partial charge < -0.3 is 10.0 Å². The molecular weight excluding hydrogens is 350 g/mol. The number of likely N-dealkylation sites (tertiary alicyclic amines) is 1. The van der Waals surface area contributed by atoms with Crippen molar-refractivity contribution in [1.29, 1.82) is 0 Å². The number of carboxylic acid groups (broad SMARTS) is 1. The molecule has 2 aromatic rings. The van der Waals surface area contributed by atoms with E-state index >= 15 is 0 Å². The number of aliphatic carboxylic acids is 1. The van der Waals surface area contributed by atoms with Crippen LogP contribution in [0.15, 0.2) is 28.3 Å². The van der Waals surface area contributed by atoms with Crippen LogP contribution < -0.4 is 0 Å². The molecule has 1 fully saturated rings. The second kappa shape index (κ2) is 8.30. The van der Waals surface area contributed by atoms with Gasteiger partial charge in [-0.3, -0.25) is 4.79 Å². The van der Waals surface area contributed by atoms with Crippen molar-refractivity contribution in [3.05, 3.63) is 49.9 Å². The Kier molecular flexibility index (Phi) is 6.10. The molecule has 25 heavy (non-hydrogen) atoms. The average Bonchev–Trinajstić information content (AvgIpc) is 3.21. The van der Waals surface area contributed by atoms with Crippen molar-refractivity contribution in [1.82, 2.24) is 4.90 Å². The molecule has 1 N–H and O–H groups in total. The molecule has 3 rings (SSSR count). The summed E-state index contributed by atoms with van der Waals surface area (Å²) >= 11 is 3.55. The lowest BCUT2D eigenvalue weighted by molar-refractivity contribution is -0.143. The van der Waals surface area contributed by atoms with E-state index in [0.717, 1.165) is 32.4 Å². The van der Waals surface area contributed by atoms with Gasteiger partial charge in [0, 0.05) is 18.0 Å². The van der Waals surface area contributed by atoms with E-state index in [1.165, 1.54) is 27.1 Å². The summed E-state index contributed by atoms with van der Waals surface area (Å²) in [7, 11) is 0. The smallest absolute Gasteiger partial charge is 0.307 e. The van der Waals surface area contributed by atoms with Crippen molar-refractivity contribution in [3.8, 4) is 0 Å². The molecule has 1 unspecified atom stereocenters. The predicted molar refractivity (Wildman–Crippen MR) is 107 cm³/mol. The molecule has 1 atom stereocenters. The van der Waals surface area contributed by atoms with Crippen LogP contribution in [0.2, 0.25) is 0 Å². The van der Waals surface area contributed by atoms with Crippen LogP contribution in [0.1, 0.15) is 40.8 Å². The highest BCUT2D eigenvalue weighted by Crippen LogP contribution is 2.34. The minimum atomic E-state index is -0.649. The van der Waals surface area contributed by atoms with Crippen molar-refractivity contribution in [3.63, 3.8) is 0 Å². The van der Waals surface area contributed by atoms with Gasteiger partial charge in [0.1, 0.15) is 0 Å². The number of hydrogen-bond acceptors (Lipinski definition) is 4. The first-order chi connectivity index (χ1) is 12.1. The number of carboxylic acids is 1. The molecule has 3 nitrogen and oxygen atoms in total. The summed E-state index contributed by atoms with van der Waals surface area (Å²) in [6.45, 7) is 6.98.